The Morgan fingerprint density at radius 1 is 1.24 bits per heavy atom. The summed E-state index contributed by atoms with van der Waals surface area (Å²) in [6.45, 7) is 6.82. The molecule has 0 aromatic heterocycles. The third-order valence-corrected chi connectivity index (χ3v) is 4.81. The number of halogens is 1. The molecule has 1 aliphatic carbocycles. The molecule has 1 atom stereocenters. The van der Waals surface area contributed by atoms with E-state index in [9.17, 15) is 4.39 Å². The van der Waals surface area contributed by atoms with Crippen molar-refractivity contribution in [1.29, 1.82) is 0 Å². The molecule has 0 radical (unpaired) electrons. The first-order valence-electron chi connectivity index (χ1n) is 8.09. The van der Waals surface area contributed by atoms with Crippen LogP contribution in [-0.4, -0.2) is 19.3 Å². The molecule has 0 heterocycles. The van der Waals surface area contributed by atoms with E-state index < -0.39 is 0 Å². The van der Waals surface area contributed by atoms with Gasteiger partial charge in [-0.3, -0.25) is 0 Å². The Morgan fingerprint density at radius 2 is 1.90 bits per heavy atom. The average molecular weight is 293 g/mol. The Bertz CT molecular complexity index is 457. The van der Waals surface area contributed by atoms with Crippen molar-refractivity contribution >= 4 is 0 Å². The summed E-state index contributed by atoms with van der Waals surface area (Å²) in [6.07, 6.45) is 5.55. The van der Waals surface area contributed by atoms with Gasteiger partial charge in [0.25, 0.3) is 0 Å². The summed E-state index contributed by atoms with van der Waals surface area (Å²) < 4.78 is 20.6. The second-order valence-electron chi connectivity index (χ2n) is 6.30. The lowest BCUT2D eigenvalue weighted by atomic mass is 9.75. The van der Waals surface area contributed by atoms with Gasteiger partial charge in [0.15, 0.2) is 0 Å². The Balaban J connectivity index is 2.47. The molecule has 3 heteroatoms. The molecule has 0 amide bonds. The van der Waals surface area contributed by atoms with E-state index in [0.29, 0.717) is 0 Å². The molecular weight excluding hydrogens is 265 g/mol. The highest BCUT2D eigenvalue weighted by Gasteiger charge is 2.42. The Morgan fingerprint density at radius 3 is 2.43 bits per heavy atom. The predicted molar refractivity (Wildman–Crippen MR) is 85.1 cm³/mol. The van der Waals surface area contributed by atoms with Crippen LogP contribution in [0.1, 0.15) is 61.8 Å². The average Bonchev–Trinajstić information content (AvgIpc) is 2.46. The molecule has 1 fully saturated rings. The number of methoxy groups -OCH3 is 1. The molecule has 1 aromatic rings. The van der Waals surface area contributed by atoms with Gasteiger partial charge in [-0.05, 0) is 50.4 Å². The summed E-state index contributed by atoms with van der Waals surface area (Å²) in [4.78, 5) is 0. The lowest BCUT2D eigenvalue weighted by molar-refractivity contribution is -0.0693. The van der Waals surface area contributed by atoms with E-state index in [4.69, 9.17) is 4.74 Å². The van der Waals surface area contributed by atoms with Crippen LogP contribution in [0.2, 0.25) is 0 Å². The molecule has 2 nitrogen and oxygen atoms in total. The van der Waals surface area contributed by atoms with E-state index in [-0.39, 0.29) is 17.5 Å². The van der Waals surface area contributed by atoms with Crippen molar-refractivity contribution in [2.45, 2.75) is 64.5 Å². The maximum atomic E-state index is 14.7. The largest absolute Gasteiger partial charge is 0.376 e. The van der Waals surface area contributed by atoms with Gasteiger partial charge in [0.1, 0.15) is 5.82 Å². The number of nitrogens with one attached hydrogen (secondary N) is 1. The molecule has 1 saturated carbocycles. The van der Waals surface area contributed by atoms with E-state index in [1.807, 2.05) is 13.8 Å². The molecule has 21 heavy (non-hydrogen) atoms. The van der Waals surface area contributed by atoms with Crippen LogP contribution in [0, 0.1) is 19.7 Å². The number of ether oxygens (including phenoxy) is 1. The van der Waals surface area contributed by atoms with E-state index in [2.05, 4.69) is 18.3 Å². The zero-order valence-electron chi connectivity index (χ0n) is 13.8. The van der Waals surface area contributed by atoms with Gasteiger partial charge in [0.05, 0.1) is 11.6 Å². The number of aryl methyl sites for hydroxylation is 2. The van der Waals surface area contributed by atoms with Crippen molar-refractivity contribution in [1.82, 2.24) is 5.32 Å². The summed E-state index contributed by atoms with van der Waals surface area (Å²) in [5.41, 5.74) is 2.49. The molecule has 1 aromatic carbocycles. The predicted octanol–water partition coefficient (Wildman–Crippen LogP) is 4.44. The van der Waals surface area contributed by atoms with Gasteiger partial charge >= 0.3 is 0 Å². The zero-order chi connectivity index (χ0) is 15.5. The lowest BCUT2D eigenvalue weighted by Crippen LogP contribution is -2.47. The molecule has 1 aliphatic rings. The molecule has 1 N–H and O–H groups in total. The molecule has 1 unspecified atom stereocenters. The minimum Gasteiger partial charge on any atom is -0.376 e. The molecule has 2 rings (SSSR count). The van der Waals surface area contributed by atoms with E-state index >= 15 is 0 Å². The van der Waals surface area contributed by atoms with Crippen LogP contribution in [0.25, 0.3) is 0 Å². The first-order valence-corrected chi connectivity index (χ1v) is 8.09. The molecule has 0 spiro atoms. The first kappa shape index (κ1) is 16.4. The first-order chi connectivity index (χ1) is 10.0. The van der Waals surface area contributed by atoms with Gasteiger partial charge in [-0.1, -0.05) is 32.3 Å². The highest BCUT2D eigenvalue weighted by atomic mass is 19.1. The topological polar surface area (TPSA) is 21.3 Å². The van der Waals surface area contributed by atoms with Crippen molar-refractivity contribution in [3.8, 4) is 0 Å². The zero-order valence-corrected chi connectivity index (χ0v) is 13.8. The van der Waals surface area contributed by atoms with Crippen molar-refractivity contribution in [3.05, 3.63) is 34.6 Å². The molecular formula is C18H28FNO. The fourth-order valence-corrected chi connectivity index (χ4v) is 3.81. The molecule has 0 saturated heterocycles. The summed E-state index contributed by atoms with van der Waals surface area (Å²) in [5, 5.41) is 3.50. The Labute approximate surface area is 128 Å². The highest BCUT2D eigenvalue weighted by molar-refractivity contribution is 5.36. The summed E-state index contributed by atoms with van der Waals surface area (Å²) in [6, 6.07) is 3.63. The molecule has 118 valence electrons. The fourth-order valence-electron chi connectivity index (χ4n) is 3.81. The van der Waals surface area contributed by atoms with E-state index in [1.54, 1.807) is 13.2 Å². The van der Waals surface area contributed by atoms with Crippen LogP contribution in [0.4, 0.5) is 4.39 Å². The van der Waals surface area contributed by atoms with Gasteiger partial charge < -0.3 is 10.1 Å². The van der Waals surface area contributed by atoms with Gasteiger partial charge in [-0.15, -0.1) is 0 Å². The monoisotopic (exact) mass is 293 g/mol. The lowest BCUT2D eigenvalue weighted by Gasteiger charge is -2.43. The Hall–Kier alpha value is -0.930. The van der Waals surface area contributed by atoms with Crippen molar-refractivity contribution in [3.63, 3.8) is 0 Å². The summed E-state index contributed by atoms with van der Waals surface area (Å²) in [7, 11) is 1.77. The minimum atomic E-state index is -0.283. The second-order valence-corrected chi connectivity index (χ2v) is 6.30. The Kier molecular flexibility index (Phi) is 5.39. The van der Waals surface area contributed by atoms with Crippen LogP contribution < -0.4 is 5.32 Å². The molecule has 0 bridgehead atoms. The maximum absolute atomic E-state index is 14.7. The normalized spacial score (nSPS) is 19.5. The van der Waals surface area contributed by atoms with Gasteiger partial charge in [0, 0.05) is 12.7 Å². The smallest absolute Gasteiger partial charge is 0.128 e. The third kappa shape index (κ3) is 3.29. The number of benzene rings is 1. The number of likely N-dealkylation sites (N-methyl/N-ethyl adjacent to an activating group) is 1. The van der Waals surface area contributed by atoms with Crippen LogP contribution >= 0.6 is 0 Å². The third-order valence-electron chi connectivity index (χ3n) is 4.81. The SMILES string of the molecule is CCNC(c1c(C)cc(C)cc1F)C1(OC)CCCCC1. The van der Waals surface area contributed by atoms with Crippen LogP contribution in [0.5, 0.6) is 0 Å². The minimum absolute atomic E-state index is 0.0756. The van der Waals surface area contributed by atoms with Crippen molar-refractivity contribution in [2.24, 2.45) is 0 Å². The standard InChI is InChI=1S/C18H28FNO/c1-5-20-17(18(21-4)9-7-6-8-10-18)16-14(3)11-13(2)12-15(16)19/h11-12,17,20H,5-10H2,1-4H3. The fraction of sp³-hybridized carbons (Fsp3) is 0.667. The summed E-state index contributed by atoms with van der Waals surface area (Å²) >= 11 is 0. The van der Waals surface area contributed by atoms with Gasteiger partial charge in [-0.2, -0.15) is 0 Å². The van der Waals surface area contributed by atoms with E-state index in [1.165, 1.54) is 6.42 Å². The number of hydrogen-bond donors (Lipinski definition) is 1. The van der Waals surface area contributed by atoms with Crippen LogP contribution in [-0.2, 0) is 4.74 Å². The van der Waals surface area contributed by atoms with Crippen LogP contribution in [0.15, 0.2) is 12.1 Å². The number of hydrogen-bond acceptors (Lipinski definition) is 2. The maximum Gasteiger partial charge on any atom is 0.128 e. The van der Waals surface area contributed by atoms with E-state index in [0.717, 1.165) is 48.9 Å². The second kappa shape index (κ2) is 6.89. The summed E-state index contributed by atoms with van der Waals surface area (Å²) in [5.74, 6) is -0.111. The quantitative estimate of drug-likeness (QED) is 0.866. The van der Waals surface area contributed by atoms with Crippen molar-refractivity contribution < 1.29 is 9.13 Å². The van der Waals surface area contributed by atoms with Crippen LogP contribution in [0.3, 0.4) is 0 Å². The molecule has 0 aliphatic heterocycles. The highest BCUT2D eigenvalue weighted by Crippen LogP contribution is 2.42. The van der Waals surface area contributed by atoms with Gasteiger partial charge in [-0.25, -0.2) is 4.39 Å². The van der Waals surface area contributed by atoms with Crippen molar-refractivity contribution in [2.75, 3.05) is 13.7 Å². The van der Waals surface area contributed by atoms with Gasteiger partial charge in [0.2, 0.25) is 0 Å². The number of rotatable bonds is 5.